The number of hydrogen-bond donors (Lipinski definition) is 2. The standard InChI is InChI=1S/C17H18N2O/c20-12-10-18-13-14-5-4-8-17-16(14)9-11-19(17)15-6-2-1-3-7-15/h1-9,11,18,20H,10,12-13H2. The molecule has 0 saturated carbocycles. The van der Waals surface area contributed by atoms with Gasteiger partial charge in [0, 0.05) is 30.4 Å². The number of nitrogens with one attached hydrogen (secondary N) is 1. The van der Waals surface area contributed by atoms with Gasteiger partial charge in [0.1, 0.15) is 0 Å². The SMILES string of the molecule is OCCNCc1cccc2c1ccn2-c1ccccc1. The van der Waals surface area contributed by atoms with Gasteiger partial charge in [-0.2, -0.15) is 0 Å². The van der Waals surface area contributed by atoms with E-state index in [1.807, 2.05) is 18.2 Å². The monoisotopic (exact) mass is 266 g/mol. The molecule has 2 aromatic carbocycles. The molecular weight excluding hydrogens is 248 g/mol. The third-order valence-corrected chi connectivity index (χ3v) is 3.46. The number of fused-ring (bicyclic) bond motifs is 1. The summed E-state index contributed by atoms with van der Waals surface area (Å²) in [5.74, 6) is 0. The molecule has 3 aromatic rings. The minimum absolute atomic E-state index is 0.168. The van der Waals surface area contributed by atoms with Gasteiger partial charge < -0.3 is 15.0 Å². The number of aromatic nitrogens is 1. The number of para-hydroxylation sites is 1. The maximum atomic E-state index is 8.84. The highest BCUT2D eigenvalue weighted by Gasteiger charge is 2.06. The highest BCUT2D eigenvalue weighted by Crippen LogP contribution is 2.23. The second-order valence-electron chi connectivity index (χ2n) is 4.77. The van der Waals surface area contributed by atoms with E-state index in [9.17, 15) is 0 Å². The molecule has 0 radical (unpaired) electrons. The molecular formula is C17H18N2O. The number of hydrogen-bond acceptors (Lipinski definition) is 2. The van der Waals surface area contributed by atoms with Gasteiger partial charge in [-0.25, -0.2) is 0 Å². The Labute approximate surface area is 118 Å². The van der Waals surface area contributed by atoms with Gasteiger partial charge in [-0.05, 0) is 29.8 Å². The maximum Gasteiger partial charge on any atom is 0.0556 e. The molecule has 3 rings (SSSR count). The summed E-state index contributed by atoms with van der Waals surface area (Å²) < 4.78 is 2.20. The minimum Gasteiger partial charge on any atom is -0.395 e. The van der Waals surface area contributed by atoms with Crippen molar-refractivity contribution >= 4 is 10.9 Å². The third-order valence-electron chi connectivity index (χ3n) is 3.46. The van der Waals surface area contributed by atoms with Crippen LogP contribution in [0.3, 0.4) is 0 Å². The number of rotatable bonds is 5. The molecule has 0 bridgehead atoms. The Bertz CT molecular complexity index is 689. The van der Waals surface area contributed by atoms with Crippen molar-refractivity contribution in [1.82, 2.24) is 9.88 Å². The molecule has 20 heavy (non-hydrogen) atoms. The fraction of sp³-hybridized carbons (Fsp3) is 0.176. The van der Waals surface area contributed by atoms with Gasteiger partial charge in [0.15, 0.2) is 0 Å². The summed E-state index contributed by atoms with van der Waals surface area (Å²) in [5, 5.41) is 13.3. The van der Waals surface area contributed by atoms with Gasteiger partial charge in [0.25, 0.3) is 0 Å². The smallest absolute Gasteiger partial charge is 0.0556 e. The van der Waals surface area contributed by atoms with Crippen LogP contribution in [0.25, 0.3) is 16.6 Å². The molecule has 0 aliphatic heterocycles. The van der Waals surface area contributed by atoms with Crippen LogP contribution in [0.4, 0.5) is 0 Å². The first kappa shape index (κ1) is 12.9. The molecule has 102 valence electrons. The molecule has 1 aromatic heterocycles. The Hall–Kier alpha value is -2.10. The van der Waals surface area contributed by atoms with E-state index in [0.717, 1.165) is 6.54 Å². The van der Waals surface area contributed by atoms with Crippen LogP contribution >= 0.6 is 0 Å². The molecule has 0 unspecified atom stereocenters. The van der Waals surface area contributed by atoms with Crippen LogP contribution in [0.15, 0.2) is 60.8 Å². The number of nitrogens with zero attached hydrogens (tertiary/aromatic N) is 1. The third kappa shape index (κ3) is 2.46. The lowest BCUT2D eigenvalue weighted by atomic mass is 10.1. The van der Waals surface area contributed by atoms with Crippen molar-refractivity contribution in [2.24, 2.45) is 0 Å². The van der Waals surface area contributed by atoms with Gasteiger partial charge in [-0.1, -0.05) is 30.3 Å². The van der Waals surface area contributed by atoms with Crippen LogP contribution in [-0.4, -0.2) is 22.8 Å². The van der Waals surface area contributed by atoms with E-state index >= 15 is 0 Å². The molecule has 0 aliphatic rings. The average molecular weight is 266 g/mol. The summed E-state index contributed by atoms with van der Waals surface area (Å²) in [5.41, 5.74) is 3.63. The highest BCUT2D eigenvalue weighted by molar-refractivity contribution is 5.85. The van der Waals surface area contributed by atoms with E-state index in [2.05, 4.69) is 52.5 Å². The van der Waals surface area contributed by atoms with Gasteiger partial charge in [0.2, 0.25) is 0 Å². The molecule has 0 aliphatic carbocycles. The lowest BCUT2D eigenvalue weighted by molar-refractivity contribution is 0.292. The first-order valence-electron chi connectivity index (χ1n) is 6.86. The van der Waals surface area contributed by atoms with Crippen molar-refractivity contribution in [3.8, 4) is 5.69 Å². The van der Waals surface area contributed by atoms with Crippen LogP contribution in [0.5, 0.6) is 0 Å². The second kappa shape index (κ2) is 5.90. The summed E-state index contributed by atoms with van der Waals surface area (Å²) in [7, 11) is 0. The van der Waals surface area contributed by atoms with E-state index in [4.69, 9.17) is 5.11 Å². The molecule has 0 atom stereocenters. The summed E-state index contributed by atoms with van der Waals surface area (Å²) in [4.78, 5) is 0. The zero-order chi connectivity index (χ0) is 13.8. The quantitative estimate of drug-likeness (QED) is 0.697. The van der Waals surface area contributed by atoms with E-state index in [1.54, 1.807) is 0 Å². The largest absolute Gasteiger partial charge is 0.395 e. The summed E-state index contributed by atoms with van der Waals surface area (Å²) in [6.45, 7) is 1.56. The number of aliphatic hydroxyl groups is 1. The Morgan fingerprint density at radius 1 is 0.950 bits per heavy atom. The molecule has 1 heterocycles. The average Bonchev–Trinajstić information content (AvgIpc) is 2.93. The van der Waals surface area contributed by atoms with E-state index in [-0.39, 0.29) is 6.61 Å². The molecule has 3 heteroatoms. The predicted molar refractivity (Wildman–Crippen MR) is 82.1 cm³/mol. The van der Waals surface area contributed by atoms with Crippen molar-refractivity contribution in [3.63, 3.8) is 0 Å². The van der Waals surface area contributed by atoms with Crippen LogP contribution in [0.1, 0.15) is 5.56 Å². The maximum absolute atomic E-state index is 8.84. The van der Waals surface area contributed by atoms with Crippen LogP contribution in [-0.2, 0) is 6.54 Å². The topological polar surface area (TPSA) is 37.2 Å². The molecule has 0 spiro atoms. The van der Waals surface area contributed by atoms with Crippen molar-refractivity contribution in [2.45, 2.75) is 6.54 Å². The highest BCUT2D eigenvalue weighted by atomic mass is 16.3. The van der Waals surface area contributed by atoms with E-state index in [0.29, 0.717) is 6.54 Å². The van der Waals surface area contributed by atoms with E-state index < -0.39 is 0 Å². The Kier molecular flexibility index (Phi) is 3.81. The molecule has 0 amide bonds. The van der Waals surface area contributed by atoms with Crippen molar-refractivity contribution in [3.05, 3.63) is 66.4 Å². The molecule has 3 nitrogen and oxygen atoms in total. The minimum atomic E-state index is 0.168. The second-order valence-corrected chi connectivity index (χ2v) is 4.77. The van der Waals surface area contributed by atoms with E-state index in [1.165, 1.54) is 22.2 Å². The van der Waals surface area contributed by atoms with Gasteiger partial charge >= 0.3 is 0 Å². The lowest BCUT2D eigenvalue weighted by Crippen LogP contribution is -2.17. The summed E-state index contributed by atoms with van der Waals surface area (Å²) in [6.07, 6.45) is 2.11. The zero-order valence-electron chi connectivity index (χ0n) is 11.3. The number of aliphatic hydroxyl groups excluding tert-OH is 1. The molecule has 2 N–H and O–H groups in total. The van der Waals surface area contributed by atoms with Gasteiger partial charge in [-0.3, -0.25) is 0 Å². The zero-order valence-corrected chi connectivity index (χ0v) is 11.3. The predicted octanol–water partition coefficient (Wildman–Crippen LogP) is 2.71. The van der Waals surface area contributed by atoms with Crippen molar-refractivity contribution < 1.29 is 5.11 Å². The Balaban J connectivity index is 1.99. The molecule has 0 fully saturated rings. The summed E-state index contributed by atoms with van der Waals surface area (Å²) in [6, 6.07) is 18.8. The fourth-order valence-electron chi connectivity index (χ4n) is 2.50. The number of benzene rings is 2. The lowest BCUT2D eigenvalue weighted by Gasteiger charge is -2.08. The first-order chi connectivity index (χ1) is 9.90. The first-order valence-corrected chi connectivity index (χ1v) is 6.86. The Morgan fingerprint density at radius 3 is 2.60 bits per heavy atom. The normalized spacial score (nSPS) is 11.1. The van der Waals surface area contributed by atoms with Gasteiger partial charge in [-0.15, -0.1) is 0 Å². The van der Waals surface area contributed by atoms with Crippen molar-refractivity contribution in [1.29, 1.82) is 0 Å². The van der Waals surface area contributed by atoms with Crippen LogP contribution < -0.4 is 5.32 Å². The molecule has 0 saturated heterocycles. The Morgan fingerprint density at radius 2 is 1.80 bits per heavy atom. The van der Waals surface area contributed by atoms with Crippen molar-refractivity contribution in [2.75, 3.05) is 13.2 Å². The van der Waals surface area contributed by atoms with Crippen LogP contribution in [0.2, 0.25) is 0 Å². The fourth-order valence-corrected chi connectivity index (χ4v) is 2.50. The summed E-state index contributed by atoms with van der Waals surface area (Å²) >= 11 is 0. The van der Waals surface area contributed by atoms with Crippen LogP contribution in [0, 0.1) is 0 Å². The van der Waals surface area contributed by atoms with Gasteiger partial charge in [0.05, 0.1) is 12.1 Å².